The quantitative estimate of drug-likeness (QED) is 0.906. The lowest BCUT2D eigenvalue weighted by atomic mass is 9.72. The Hall–Kier alpha value is -1.06. The minimum atomic E-state index is -4.27. The predicted molar refractivity (Wildman–Crippen MR) is 82.3 cm³/mol. The number of hydrogen-bond donors (Lipinski definition) is 1. The average molecular weight is 297 g/mol. The Bertz CT molecular complexity index is 1080. The fourth-order valence-corrected chi connectivity index (χ4v) is 1.59. The topological polar surface area (TPSA) is 32.7 Å². The summed E-state index contributed by atoms with van der Waals surface area (Å²) < 4.78 is 159. The summed E-state index contributed by atoms with van der Waals surface area (Å²) in [6.45, 7) is -3.30. The third kappa shape index (κ3) is 3.53. The Morgan fingerprint density at radius 2 is 2.05 bits per heavy atom. The van der Waals surface area contributed by atoms with E-state index >= 15 is 0 Å². The molecule has 1 fully saturated rings. The van der Waals surface area contributed by atoms with Crippen molar-refractivity contribution in [2.45, 2.75) is 43.4 Å². The van der Waals surface area contributed by atoms with Gasteiger partial charge in [0.25, 0.3) is 0 Å². The van der Waals surface area contributed by atoms with Crippen molar-refractivity contribution < 1.29 is 35.9 Å². The Balaban J connectivity index is 3.24. The van der Waals surface area contributed by atoms with Crippen molar-refractivity contribution in [1.82, 2.24) is 4.90 Å². The summed E-state index contributed by atoms with van der Waals surface area (Å²) in [5, 5.41) is 11.9. The number of nitrogens with zero attached hydrogens (tertiary/aromatic N) is 1. The molecule has 1 aliphatic rings. The summed E-state index contributed by atoms with van der Waals surface area (Å²) in [6, 6.07) is -5.13. The minimum absolute atomic E-state index is 0.606. The fraction of sp³-hybridized carbons (Fsp3) is 0.647. The van der Waals surface area contributed by atoms with Gasteiger partial charge in [-0.25, -0.2) is 0 Å². The van der Waals surface area contributed by atoms with Crippen LogP contribution in [0.25, 0.3) is 0 Å². The lowest BCUT2D eigenvalue weighted by molar-refractivity contribution is -0.0277. The van der Waals surface area contributed by atoms with Gasteiger partial charge in [0.05, 0.1) is 22.2 Å². The number of rotatable bonds is 5. The van der Waals surface area contributed by atoms with Crippen LogP contribution in [0.4, 0.5) is 0 Å². The van der Waals surface area contributed by atoms with Crippen LogP contribution >= 0.6 is 0 Å². The van der Waals surface area contributed by atoms with Crippen LogP contribution in [0.15, 0.2) is 24.2 Å². The van der Waals surface area contributed by atoms with E-state index < -0.39 is 92.4 Å². The number of likely N-dealkylation sites (N-methyl/N-ethyl adjacent to an activating group) is 1. The molecule has 0 aliphatic heterocycles. The first kappa shape index (κ1) is 4.02. The second kappa shape index (κ2) is 6.59. The van der Waals surface area contributed by atoms with Gasteiger partial charge in [-0.15, -0.1) is 0 Å². The highest BCUT2D eigenvalue weighted by Crippen LogP contribution is 2.40. The Kier molecular flexibility index (Phi) is 1.33. The molecule has 1 aromatic carbocycles. The fourth-order valence-electron chi connectivity index (χ4n) is 1.59. The SMILES string of the molecule is [2H]c1c([2H])c([C@@H](C([2H])([2H])N(C)C)C2(O)C([2H])([2H])C([2H])([2H])C([2H])([2H])C([2H])([2H])C2([2H])[2H])c([2H])c([2H])c1OC([2H])([2H])[2H]. The largest absolute Gasteiger partial charge is 0.497 e. The smallest absolute Gasteiger partial charge is 0.118 e. The van der Waals surface area contributed by atoms with Crippen molar-refractivity contribution in [3.63, 3.8) is 0 Å². The van der Waals surface area contributed by atoms with Gasteiger partial charge >= 0.3 is 0 Å². The molecule has 0 radical (unpaired) electrons. The summed E-state index contributed by atoms with van der Waals surface area (Å²) in [5.41, 5.74) is -5.53. The van der Waals surface area contributed by atoms with Crippen molar-refractivity contribution in [3.05, 3.63) is 29.7 Å². The van der Waals surface area contributed by atoms with Crippen LogP contribution in [0.3, 0.4) is 0 Å². The third-order valence-corrected chi connectivity index (χ3v) is 2.45. The third-order valence-electron chi connectivity index (χ3n) is 2.45. The molecule has 20 heavy (non-hydrogen) atoms. The van der Waals surface area contributed by atoms with Crippen LogP contribution < -0.4 is 4.74 Å². The molecule has 0 amide bonds. The Morgan fingerprint density at radius 1 is 1.40 bits per heavy atom. The van der Waals surface area contributed by atoms with Gasteiger partial charge in [-0.2, -0.15) is 0 Å². The zero-order chi connectivity index (χ0) is 31.3. The molecule has 3 heteroatoms. The van der Waals surface area contributed by atoms with Crippen molar-refractivity contribution >= 4 is 0 Å². The van der Waals surface area contributed by atoms with Gasteiger partial charge in [-0.05, 0) is 44.5 Å². The van der Waals surface area contributed by atoms with E-state index in [4.69, 9.17) is 26.0 Å². The van der Waals surface area contributed by atoms with E-state index in [1.807, 2.05) is 0 Å². The summed E-state index contributed by atoms with van der Waals surface area (Å²) in [6.07, 6.45) is -20.5. The maximum atomic E-state index is 11.9. The highest BCUT2D eigenvalue weighted by atomic mass is 16.5. The van der Waals surface area contributed by atoms with Gasteiger partial charge in [0, 0.05) is 28.9 Å². The number of methoxy groups -OCH3 is 1. The second-order valence-corrected chi connectivity index (χ2v) is 4.19. The van der Waals surface area contributed by atoms with Gasteiger partial charge in [0.15, 0.2) is 0 Å². The lowest BCUT2D eigenvalue weighted by Gasteiger charge is -2.40. The average Bonchev–Trinajstić information content (AvgIpc) is 2.75. The van der Waals surface area contributed by atoms with E-state index in [0.29, 0.717) is 4.90 Å². The molecule has 3 nitrogen and oxygen atoms in total. The first-order valence-corrected chi connectivity index (χ1v) is 5.62. The summed E-state index contributed by atoms with van der Waals surface area (Å²) in [4.78, 5) is 0.606. The molecule has 1 aliphatic carbocycles. The molecular formula is C17H27NO2. The highest BCUT2D eigenvalue weighted by molar-refractivity contribution is 5.31. The van der Waals surface area contributed by atoms with E-state index in [-0.39, 0.29) is 0 Å². The molecular weight excluding hydrogens is 250 g/mol. The predicted octanol–water partition coefficient (Wildman–Crippen LogP) is 3.04. The van der Waals surface area contributed by atoms with Gasteiger partial charge in [-0.1, -0.05) is 31.2 Å². The minimum Gasteiger partial charge on any atom is -0.497 e. The maximum Gasteiger partial charge on any atom is 0.118 e. The molecule has 1 aromatic rings. The number of aliphatic hydroxyl groups is 1. The van der Waals surface area contributed by atoms with Crippen molar-refractivity contribution in [2.75, 3.05) is 27.6 Å². The first-order chi connectivity index (χ1) is 16.9. The van der Waals surface area contributed by atoms with E-state index in [1.54, 1.807) is 0 Å². The standard InChI is InChI=1S/C17H27NO2/c1-18(2)13-16(17(19)11-5-4-6-12-17)14-7-9-15(20-3)10-8-14/h7-10,16,19H,4-6,11-13H2,1-3H3/t16-/m1/s1/i3D3,4D2,5D2,6D2,7D,8D,9D,10D,11D2,12D2,13D2. The van der Waals surface area contributed by atoms with Gasteiger partial charge in [-0.3, -0.25) is 0 Å². The van der Waals surface area contributed by atoms with Crippen LogP contribution in [0, 0.1) is 0 Å². The molecule has 0 spiro atoms. The Labute approximate surface area is 149 Å². The normalized spacial score (nSPS) is 47.7. The molecule has 0 unspecified atom stereocenters. The van der Waals surface area contributed by atoms with Crippen LogP contribution in [-0.2, 0) is 0 Å². The molecule has 2 rings (SSSR count). The molecule has 1 N–H and O–H groups in total. The highest BCUT2D eigenvalue weighted by Gasteiger charge is 2.38. The second-order valence-electron chi connectivity index (χ2n) is 4.19. The van der Waals surface area contributed by atoms with E-state index in [1.165, 1.54) is 0 Å². The maximum absolute atomic E-state index is 11.9. The summed E-state index contributed by atoms with van der Waals surface area (Å²) in [5.74, 6) is -4.12. The van der Waals surface area contributed by atoms with Crippen molar-refractivity contribution in [1.29, 1.82) is 0 Å². The number of ether oxygens (including phenoxy) is 1. The molecule has 1 atom stereocenters. The monoisotopic (exact) mass is 296 g/mol. The first-order valence-electron chi connectivity index (χ1n) is 15.1. The molecule has 0 bridgehead atoms. The van der Waals surface area contributed by atoms with Crippen LogP contribution in [0.1, 0.15) is 69.4 Å². The van der Waals surface area contributed by atoms with E-state index in [9.17, 15) is 5.11 Å². The molecule has 0 aromatic heterocycles. The van der Waals surface area contributed by atoms with Crippen molar-refractivity contribution in [3.8, 4) is 5.75 Å². The molecule has 0 saturated heterocycles. The van der Waals surface area contributed by atoms with Crippen molar-refractivity contribution in [2.24, 2.45) is 0 Å². The molecule has 1 saturated carbocycles. The summed E-state index contributed by atoms with van der Waals surface area (Å²) >= 11 is 0. The number of hydrogen-bond acceptors (Lipinski definition) is 3. The van der Waals surface area contributed by atoms with E-state index in [0.717, 1.165) is 14.1 Å². The Morgan fingerprint density at radius 3 is 2.60 bits per heavy atom. The number of benzene rings is 1. The van der Waals surface area contributed by atoms with Crippen LogP contribution in [-0.4, -0.2) is 43.2 Å². The van der Waals surface area contributed by atoms with Gasteiger partial charge in [0.1, 0.15) is 5.75 Å². The molecule has 0 heterocycles. The van der Waals surface area contributed by atoms with Crippen LogP contribution in [0.2, 0.25) is 0 Å². The summed E-state index contributed by atoms with van der Waals surface area (Å²) in [7, 11) is -1.29. The van der Waals surface area contributed by atoms with Gasteiger partial charge in [0.2, 0.25) is 0 Å². The lowest BCUT2D eigenvalue weighted by Crippen LogP contribution is -2.42. The zero-order valence-electron chi connectivity index (χ0n) is 29.9. The van der Waals surface area contributed by atoms with E-state index in [2.05, 4.69) is 4.74 Å². The molecule has 112 valence electrons. The van der Waals surface area contributed by atoms with Crippen LogP contribution in [0.5, 0.6) is 5.75 Å². The van der Waals surface area contributed by atoms with Gasteiger partial charge < -0.3 is 14.7 Å². The zero-order valence-corrected chi connectivity index (χ0v) is 10.9.